The van der Waals surface area contributed by atoms with Gasteiger partial charge in [0.2, 0.25) is 0 Å². The van der Waals surface area contributed by atoms with Crippen molar-refractivity contribution in [3.05, 3.63) is 34.6 Å². The van der Waals surface area contributed by atoms with E-state index in [9.17, 15) is 9.59 Å². The van der Waals surface area contributed by atoms with E-state index in [1.807, 2.05) is 0 Å². The average Bonchev–Trinajstić information content (AvgIpc) is 2.83. The Morgan fingerprint density at radius 2 is 2.00 bits per heavy atom. The third kappa shape index (κ3) is 2.09. The molecule has 0 aromatic heterocycles. The van der Waals surface area contributed by atoms with E-state index in [4.69, 9.17) is 4.74 Å². The van der Waals surface area contributed by atoms with Crippen LogP contribution in [0.1, 0.15) is 65.7 Å². The second kappa shape index (κ2) is 5.18. The summed E-state index contributed by atoms with van der Waals surface area (Å²) < 4.78 is 5.34. The molecule has 0 heterocycles. The Balaban J connectivity index is 1.70. The molecule has 4 rings (SSSR count). The van der Waals surface area contributed by atoms with Crippen LogP contribution in [-0.2, 0) is 14.3 Å². The lowest BCUT2D eigenvalue weighted by Gasteiger charge is -2.48. The van der Waals surface area contributed by atoms with Gasteiger partial charge < -0.3 is 4.74 Å². The SMILES string of the molecule is CC(=O)OC1=CC2=CCC3=C(CC[C@]4(C)C(=O)CC[C@@H]34)[C@@]2(C)CC1. The molecule has 4 aliphatic carbocycles. The lowest BCUT2D eigenvalue weighted by Crippen LogP contribution is -2.39. The summed E-state index contributed by atoms with van der Waals surface area (Å²) in [5.41, 5.74) is 4.37. The molecule has 0 saturated heterocycles. The van der Waals surface area contributed by atoms with Gasteiger partial charge in [-0.3, -0.25) is 9.59 Å². The van der Waals surface area contributed by atoms with Gasteiger partial charge in [0, 0.05) is 30.6 Å². The highest BCUT2D eigenvalue weighted by molar-refractivity contribution is 5.88. The van der Waals surface area contributed by atoms with Crippen molar-refractivity contribution in [2.75, 3.05) is 0 Å². The van der Waals surface area contributed by atoms with E-state index < -0.39 is 0 Å². The number of allylic oxidation sites excluding steroid dienone is 6. The molecule has 3 heteroatoms. The molecule has 24 heavy (non-hydrogen) atoms. The van der Waals surface area contributed by atoms with E-state index >= 15 is 0 Å². The predicted octanol–water partition coefficient (Wildman–Crippen LogP) is 4.64. The topological polar surface area (TPSA) is 43.4 Å². The van der Waals surface area contributed by atoms with Crippen molar-refractivity contribution in [3.63, 3.8) is 0 Å². The molecule has 4 aliphatic rings. The van der Waals surface area contributed by atoms with Crippen molar-refractivity contribution in [2.45, 2.75) is 65.7 Å². The molecule has 0 amide bonds. The maximum Gasteiger partial charge on any atom is 0.307 e. The molecule has 0 aromatic carbocycles. The molecule has 0 unspecified atom stereocenters. The van der Waals surface area contributed by atoms with Crippen molar-refractivity contribution >= 4 is 11.8 Å². The van der Waals surface area contributed by atoms with Gasteiger partial charge in [-0.05, 0) is 49.7 Å². The van der Waals surface area contributed by atoms with Crippen molar-refractivity contribution in [1.29, 1.82) is 0 Å². The summed E-state index contributed by atoms with van der Waals surface area (Å²) in [5, 5.41) is 0. The first-order valence-corrected chi connectivity index (χ1v) is 9.20. The number of carbonyl (C=O) groups is 2. The number of hydrogen-bond donors (Lipinski definition) is 0. The molecule has 128 valence electrons. The Morgan fingerprint density at radius 3 is 2.75 bits per heavy atom. The summed E-state index contributed by atoms with van der Waals surface area (Å²) in [6, 6.07) is 0. The van der Waals surface area contributed by atoms with Gasteiger partial charge in [0.15, 0.2) is 0 Å². The summed E-state index contributed by atoms with van der Waals surface area (Å²) in [4.78, 5) is 23.7. The minimum absolute atomic E-state index is 0.0597. The van der Waals surface area contributed by atoms with Crippen molar-refractivity contribution < 1.29 is 14.3 Å². The molecule has 0 aliphatic heterocycles. The average molecular weight is 326 g/mol. The lowest BCUT2D eigenvalue weighted by molar-refractivity contribution is -0.137. The molecule has 0 bridgehead atoms. The van der Waals surface area contributed by atoms with Crippen LogP contribution in [0, 0.1) is 16.7 Å². The fourth-order valence-corrected chi connectivity index (χ4v) is 5.61. The zero-order chi connectivity index (χ0) is 17.1. The van der Waals surface area contributed by atoms with E-state index in [-0.39, 0.29) is 16.8 Å². The zero-order valence-electron chi connectivity index (χ0n) is 14.9. The van der Waals surface area contributed by atoms with Crippen LogP contribution in [-0.4, -0.2) is 11.8 Å². The first-order valence-electron chi connectivity index (χ1n) is 9.20. The van der Waals surface area contributed by atoms with Gasteiger partial charge in [-0.2, -0.15) is 0 Å². The Morgan fingerprint density at radius 1 is 1.21 bits per heavy atom. The summed E-state index contributed by atoms with van der Waals surface area (Å²) in [7, 11) is 0. The van der Waals surface area contributed by atoms with Gasteiger partial charge in [-0.15, -0.1) is 0 Å². The third-order valence-electron chi connectivity index (χ3n) is 7.08. The first-order chi connectivity index (χ1) is 11.3. The number of esters is 1. The van der Waals surface area contributed by atoms with E-state index in [2.05, 4.69) is 26.0 Å². The molecule has 0 aromatic rings. The predicted molar refractivity (Wildman–Crippen MR) is 92.0 cm³/mol. The van der Waals surface area contributed by atoms with E-state index in [1.54, 1.807) is 11.1 Å². The first kappa shape index (κ1) is 15.9. The quantitative estimate of drug-likeness (QED) is 0.521. The summed E-state index contributed by atoms with van der Waals surface area (Å²) in [5.74, 6) is 1.48. The molecule has 1 saturated carbocycles. The van der Waals surface area contributed by atoms with Crippen LogP contribution in [0.5, 0.6) is 0 Å². The van der Waals surface area contributed by atoms with Crippen LogP contribution < -0.4 is 0 Å². The maximum atomic E-state index is 12.4. The fourth-order valence-electron chi connectivity index (χ4n) is 5.61. The molecule has 3 nitrogen and oxygen atoms in total. The highest BCUT2D eigenvalue weighted by atomic mass is 16.5. The second-order valence-corrected chi connectivity index (χ2v) is 8.34. The normalized spacial score (nSPS) is 38.0. The number of carbonyl (C=O) groups excluding carboxylic acids is 2. The van der Waals surface area contributed by atoms with Crippen LogP contribution in [0.2, 0.25) is 0 Å². The third-order valence-corrected chi connectivity index (χ3v) is 7.08. The minimum atomic E-state index is -0.237. The Labute approximate surface area is 143 Å². The monoisotopic (exact) mass is 326 g/mol. The number of hydrogen-bond acceptors (Lipinski definition) is 3. The van der Waals surface area contributed by atoms with Gasteiger partial charge >= 0.3 is 5.97 Å². The minimum Gasteiger partial charge on any atom is -0.431 e. The molecule has 0 N–H and O–H groups in total. The molecule has 3 atom stereocenters. The van der Waals surface area contributed by atoms with Gasteiger partial charge in [-0.1, -0.05) is 31.1 Å². The number of fused-ring (bicyclic) bond motifs is 4. The van der Waals surface area contributed by atoms with Crippen LogP contribution in [0.3, 0.4) is 0 Å². The zero-order valence-corrected chi connectivity index (χ0v) is 14.9. The molecule has 0 radical (unpaired) electrons. The van der Waals surface area contributed by atoms with E-state index in [0.29, 0.717) is 11.7 Å². The summed E-state index contributed by atoms with van der Waals surface area (Å²) >= 11 is 0. The number of ketones is 1. The number of rotatable bonds is 1. The Bertz CT molecular complexity index is 723. The van der Waals surface area contributed by atoms with Gasteiger partial charge in [0.05, 0.1) is 0 Å². The Kier molecular flexibility index (Phi) is 3.42. The highest BCUT2D eigenvalue weighted by Gasteiger charge is 2.53. The maximum absolute atomic E-state index is 12.4. The van der Waals surface area contributed by atoms with E-state index in [1.165, 1.54) is 12.5 Å². The lowest BCUT2D eigenvalue weighted by atomic mass is 9.56. The smallest absolute Gasteiger partial charge is 0.307 e. The van der Waals surface area contributed by atoms with Crippen molar-refractivity contribution in [1.82, 2.24) is 0 Å². The highest BCUT2D eigenvalue weighted by Crippen LogP contribution is 2.60. The van der Waals surface area contributed by atoms with Crippen LogP contribution in [0.4, 0.5) is 0 Å². The summed E-state index contributed by atoms with van der Waals surface area (Å²) in [6.07, 6.45) is 11.0. The van der Waals surface area contributed by atoms with Crippen molar-refractivity contribution in [3.8, 4) is 0 Å². The number of Topliss-reactive ketones (excluding diaryl/α,β-unsaturated/α-hetero) is 1. The van der Waals surface area contributed by atoms with E-state index in [0.717, 1.165) is 50.7 Å². The second-order valence-electron chi connectivity index (χ2n) is 8.34. The van der Waals surface area contributed by atoms with Crippen LogP contribution >= 0.6 is 0 Å². The Hall–Kier alpha value is -1.64. The standard InChI is InChI=1S/C21H26O3/c1-13(22)24-15-8-10-20(2)14(12-15)4-5-16-17-6-7-19(23)21(17,3)11-9-18(16)20/h4,12,17H,5-11H2,1-3H3/t17-,20-,21-/m0/s1. The van der Waals surface area contributed by atoms with Crippen LogP contribution in [0.25, 0.3) is 0 Å². The fraction of sp³-hybridized carbons (Fsp3) is 0.619. The molecular weight excluding hydrogens is 300 g/mol. The molecule has 1 fully saturated rings. The van der Waals surface area contributed by atoms with Gasteiger partial charge in [0.1, 0.15) is 11.5 Å². The van der Waals surface area contributed by atoms with Gasteiger partial charge in [0.25, 0.3) is 0 Å². The number of ether oxygens (including phenoxy) is 1. The molecule has 0 spiro atoms. The molecular formula is C21H26O3. The largest absolute Gasteiger partial charge is 0.431 e. The van der Waals surface area contributed by atoms with Crippen LogP contribution in [0.15, 0.2) is 34.6 Å². The van der Waals surface area contributed by atoms with Crippen molar-refractivity contribution in [2.24, 2.45) is 16.7 Å². The van der Waals surface area contributed by atoms with Gasteiger partial charge in [-0.25, -0.2) is 0 Å². The summed E-state index contributed by atoms with van der Waals surface area (Å²) in [6.45, 7) is 6.00.